The molecule has 29 heavy (non-hydrogen) atoms. The fourth-order valence-electron chi connectivity index (χ4n) is 3.23. The highest BCUT2D eigenvalue weighted by Gasteiger charge is 2.23. The summed E-state index contributed by atoms with van der Waals surface area (Å²) < 4.78 is 1.55. The summed E-state index contributed by atoms with van der Waals surface area (Å²) in [5.41, 5.74) is 3.57. The van der Waals surface area contributed by atoms with Gasteiger partial charge in [0.15, 0.2) is 4.77 Å². The number of hydrogen-bond donors (Lipinski definition) is 2. The average Bonchev–Trinajstić information content (AvgIpc) is 3.07. The summed E-state index contributed by atoms with van der Waals surface area (Å²) >= 11 is 11.2. The van der Waals surface area contributed by atoms with E-state index in [4.69, 9.17) is 28.8 Å². The molecule has 0 bridgehead atoms. The van der Waals surface area contributed by atoms with Crippen LogP contribution in [-0.4, -0.2) is 20.4 Å². The number of nitrogens with one attached hydrogen (secondary N) is 1. The molecule has 1 aliphatic heterocycles. The molecule has 5 nitrogen and oxygen atoms in total. The lowest BCUT2D eigenvalue weighted by Crippen LogP contribution is -2.17. The first kappa shape index (κ1) is 19.1. The molecule has 2 aromatic carbocycles. The Hall–Kier alpha value is -3.22. The van der Waals surface area contributed by atoms with Gasteiger partial charge in [-0.2, -0.15) is 0 Å². The van der Waals surface area contributed by atoms with E-state index in [1.54, 1.807) is 24.3 Å². The number of halogens is 1. The maximum absolute atomic E-state index is 12.6. The number of nitrogens with zero attached hydrogens (tertiary/aromatic N) is 2. The van der Waals surface area contributed by atoms with Gasteiger partial charge in [0.25, 0.3) is 5.56 Å². The molecule has 0 unspecified atom stereocenters. The van der Waals surface area contributed by atoms with Gasteiger partial charge in [0.05, 0.1) is 11.4 Å². The summed E-state index contributed by atoms with van der Waals surface area (Å²) in [5, 5.41) is 11.3. The van der Waals surface area contributed by atoms with Crippen LogP contribution in [0, 0.1) is 4.77 Å². The van der Waals surface area contributed by atoms with Crippen molar-refractivity contribution < 1.29 is 5.11 Å². The number of aromatic nitrogens is 2. The van der Waals surface area contributed by atoms with Crippen molar-refractivity contribution >= 4 is 46.9 Å². The standard InChI is InChI=1S/C22H16ClN3O2S/c1-2-11-26-21(28)17(20(27)25-22(26)29)12-16-15-5-3-4-6-18(15)24-19(16)13-7-9-14(23)10-8-13/h2-10,12,28H,1,11H2,(H,25,27,29). The fraction of sp³-hybridized carbons (Fsp3) is 0.0455. The maximum atomic E-state index is 12.6. The third-order valence-electron chi connectivity index (χ3n) is 4.61. The molecule has 0 spiro atoms. The Balaban J connectivity index is 1.95. The minimum atomic E-state index is -0.472. The van der Waals surface area contributed by atoms with Crippen molar-refractivity contribution in [2.75, 3.05) is 0 Å². The second-order valence-corrected chi connectivity index (χ2v) is 7.26. The summed E-state index contributed by atoms with van der Waals surface area (Å²) in [7, 11) is 0. The topological polar surface area (TPSA) is 70.4 Å². The van der Waals surface area contributed by atoms with Gasteiger partial charge in [-0.25, -0.2) is 4.99 Å². The zero-order valence-corrected chi connectivity index (χ0v) is 16.8. The van der Waals surface area contributed by atoms with E-state index in [9.17, 15) is 9.90 Å². The van der Waals surface area contributed by atoms with Crippen molar-refractivity contribution in [1.82, 2.24) is 9.55 Å². The lowest BCUT2D eigenvalue weighted by atomic mass is 9.96. The summed E-state index contributed by atoms with van der Waals surface area (Å²) in [5.74, 6) is -0.217. The van der Waals surface area contributed by atoms with E-state index in [1.807, 2.05) is 36.4 Å². The molecule has 2 N–H and O–H groups in total. The van der Waals surface area contributed by atoms with E-state index < -0.39 is 5.56 Å². The highest BCUT2D eigenvalue weighted by molar-refractivity contribution is 7.71. The highest BCUT2D eigenvalue weighted by Crippen LogP contribution is 2.38. The smallest absolute Gasteiger partial charge is 0.262 e. The minimum absolute atomic E-state index is 0.105. The van der Waals surface area contributed by atoms with Crippen molar-refractivity contribution in [2.45, 2.75) is 6.54 Å². The molecule has 0 saturated carbocycles. The Morgan fingerprint density at radius 1 is 1.21 bits per heavy atom. The third-order valence-corrected chi connectivity index (χ3v) is 5.18. The lowest BCUT2D eigenvalue weighted by molar-refractivity contribution is 0.413. The van der Waals surface area contributed by atoms with Crippen molar-refractivity contribution in [3.8, 4) is 5.88 Å². The molecule has 2 heterocycles. The van der Waals surface area contributed by atoms with Crippen LogP contribution in [0.3, 0.4) is 0 Å². The monoisotopic (exact) mass is 421 g/mol. The van der Waals surface area contributed by atoms with Crippen molar-refractivity contribution in [1.29, 1.82) is 0 Å². The summed E-state index contributed by atoms with van der Waals surface area (Å²) in [6, 6.07) is 15.0. The van der Waals surface area contributed by atoms with Gasteiger partial charge in [-0.1, -0.05) is 48.0 Å². The molecule has 3 aromatic rings. The quantitative estimate of drug-likeness (QED) is 0.453. The van der Waals surface area contributed by atoms with E-state index in [-0.39, 0.29) is 22.8 Å². The van der Waals surface area contributed by atoms with Gasteiger partial charge in [-0.15, -0.1) is 6.58 Å². The van der Waals surface area contributed by atoms with Gasteiger partial charge < -0.3 is 5.11 Å². The predicted molar refractivity (Wildman–Crippen MR) is 120 cm³/mol. The number of aromatic amines is 1. The number of hydrogen-bond acceptors (Lipinski definition) is 4. The van der Waals surface area contributed by atoms with Crippen LogP contribution < -0.4 is 5.56 Å². The Bertz CT molecular complexity index is 1300. The average molecular weight is 422 g/mol. The van der Waals surface area contributed by atoms with Crippen molar-refractivity contribution in [3.05, 3.63) is 98.0 Å². The largest absolute Gasteiger partial charge is 0.494 e. The third kappa shape index (κ3) is 3.48. The zero-order chi connectivity index (χ0) is 20.5. The first-order valence-electron chi connectivity index (χ1n) is 8.82. The van der Waals surface area contributed by atoms with Gasteiger partial charge in [0.2, 0.25) is 5.88 Å². The van der Waals surface area contributed by atoms with E-state index in [0.717, 1.165) is 22.4 Å². The number of benzene rings is 2. The molecule has 0 saturated heterocycles. The van der Waals surface area contributed by atoms with Crippen LogP contribution in [0.4, 0.5) is 5.69 Å². The molecule has 0 atom stereocenters. The maximum Gasteiger partial charge on any atom is 0.262 e. The number of H-pyrrole nitrogens is 1. The predicted octanol–water partition coefficient (Wildman–Crippen LogP) is 5.13. The van der Waals surface area contributed by atoms with Gasteiger partial charge in [-0.3, -0.25) is 14.3 Å². The first-order chi connectivity index (χ1) is 14.0. The minimum Gasteiger partial charge on any atom is -0.494 e. The normalized spacial score (nSPS) is 14.0. The van der Waals surface area contributed by atoms with Crippen LogP contribution in [0.15, 0.2) is 71.0 Å². The van der Waals surface area contributed by atoms with E-state index >= 15 is 0 Å². The SMILES string of the molecule is C=CCn1c(O)c(C=C2C(c3ccc(Cl)cc3)=Nc3ccccc32)c(=O)[nH]c1=S. The molecule has 144 valence electrons. The molecule has 0 fully saturated rings. The molecule has 0 aliphatic carbocycles. The number of fused-ring (bicyclic) bond motifs is 1. The number of allylic oxidation sites excluding steroid dienone is 2. The number of para-hydroxylation sites is 1. The van der Waals surface area contributed by atoms with Crippen LogP contribution in [0.1, 0.15) is 16.7 Å². The summed E-state index contributed by atoms with van der Waals surface area (Å²) in [4.78, 5) is 19.9. The van der Waals surface area contributed by atoms with Crippen molar-refractivity contribution in [2.24, 2.45) is 4.99 Å². The zero-order valence-electron chi connectivity index (χ0n) is 15.2. The van der Waals surface area contributed by atoms with Crippen LogP contribution >= 0.6 is 23.8 Å². The molecule has 0 radical (unpaired) electrons. The second kappa shape index (κ2) is 7.66. The highest BCUT2D eigenvalue weighted by atomic mass is 35.5. The number of aliphatic imine (C=N–C) groups is 1. The Morgan fingerprint density at radius 2 is 1.93 bits per heavy atom. The van der Waals surface area contributed by atoms with Gasteiger partial charge in [-0.05, 0) is 36.5 Å². The van der Waals surface area contributed by atoms with Crippen LogP contribution in [0.2, 0.25) is 5.02 Å². The van der Waals surface area contributed by atoms with Gasteiger partial charge in [0, 0.05) is 28.3 Å². The van der Waals surface area contributed by atoms with E-state index in [1.165, 1.54) is 4.57 Å². The van der Waals surface area contributed by atoms with Gasteiger partial charge >= 0.3 is 0 Å². The molecule has 7 heteroatoms. The number of rotatable bonds is 4. The fourth-order valence-corrected chi connectivity index (χ4v) is 3.61. The first-order valence-corrected chi connectivity index (χ1v) is 9.61. The van der Waals surface area contributed by atoms with Crippen molar-refractivity contribution in [3.63, 3.8) is 0 Å². The Morgan fingerprint density at radius 3 is 2.66 bits per heavy atom. The summed E-state index contributed by atoms with van der Waals surface area (Å²) in [6.45, 7) is 3.94. The van der Waals surface area contributed by atoms with E-state index in [2.05, 4.69) is 11.6 Å². The van der Waals surface area contributed by atoms with Crippen LogP contribution in [0.5, 0.6) is 5.88 Å². The van der Waals surface area contributed by atoms with E-state index in [0.29, 0.717) is 10.7 Å². The Labute approximate surface area is 177 Å². The molecule has 4 rings (SSSR count). The van der Waals surface area contributed by atoms with Gasteiger partial charge in [0.1, 0.15) is 5.56 Å². The molecule has 1 aliphatic rings. The molecular weight excluding hydrogens is 406 g/mol. The van der Waals surface area contributed by atoms with Crippen LogP contribution in [-0.2, 0) is 6.54 Å². The molecule has 1 aromatic heterocycles. The Kier molecular flexibility index (Phi) is 5.05. The number of aromatic hydroxyl groups is 1. The summed E-state index contributed by atoms with van der Waals surface area (Å²) in [6.07, 6.45) is 3.23. The van der Waals surface area contributed by atoms with Crippen LogP contribution in [0.25, 0.3) is 11.6 Å². The lowest BCUT2D eigenvalue weighted by Gasteiger charge is -2.11. The second-order valence-electron chi connectivity index (χ2n) is 6.44. The molecule has 0 amide bonds. The molecular formula is C22H16ClN3O2S.